The predicted octanol–water partition coefficient (Wildman–Crippen LogP) is 2.18. The third-order valence-electron chi connectivity index (χ3n) is 6.99. The molecule has 2 aliphatic heterocycles. The van der Waals surface area contributed by atoms with Gasteiger partial charge in [0, 0.05) is 76.8 Å². The number of piperazine rings is 2. The molecule has 1 N–H and O–H groups in total. The number of rotatable bonds is 6. The molecule has 2 aromatic rings. The molecule has 4 heterocycles. The van der Waals surface area contributed by atoms with Crippen LogP contribution in [0.4, 0.5) is 11.5 Å². The maximum atomic E-state index is 13.1. The summed E-state index contributed by atoms with van der Waals surface area (Å²) in [5.41, 5.74) is 1.94. The molecule has 9 nitrogen and oxygen atoms in total. The summed E-state index contributed by atoms with van der Waals surface area (Å²) in [6.45, 7) is 10.2. The minimum Gasteiger partial charge on any atom is -0.380 e. The molecule has 0 atom stereocenters. The topological polar surface area (TPSA) is 84.9 Å². The predicted molar refractivity (Wildman–Crippen MR) is 136 cm³/mol. The Morgan fingerprint density at radius 3 is 2.20 bits per heavy atom. The molecule has 0 radical (unpaired) electrons. The van der Waals surface area contributed by atoms with E-state index in [4.69, 9.17) is 0 Å². The SMILES string of the molecule is CC(C)Nc1cccnc1N1CCN(C(=O)c2ccc(C(=O)N3CCN(C4CC4)CC3)cn2)CC1. The molecule has 5 rings (SSSR count). The van der Waals surface area contributed by atoms with Gasteiger partial charge in [0.25, 0.3) is 11.8 Å². The molecule has 2 amide bonds. The van der Waals surface area contributed by atoms with Gasteiger partial charge in [0.05, 0.1) is 11.3 Å². The van der Waals surface area contributed by atoms with Crippen molar-refractivity contribution in [2.45, 2.75) is 38.8 Å². The number of anilines is 2. The molecule has 3 aliphatic rings. The van der Waals surface area contributed by atoms with Gasteiger partial charge in [-0.1, -0.05) is 0 Å². The van der Waals surface area contributed by atoms with Gasteiger partial charge in [-0.3, -0.25) is 19.5 Å². The number of hydrogen-bond donors (Lipinski definition) is 1. The van der Waals surface area contributed by atoms with Crippen molar-refractivity contribution >= 4 is 23.3 Å². The highest BCUT2D eigenvalue weighted by atomic mass is 16.2. The van der Waals surface area contributed by atoms with E-state index in [1.54, 1.807) is 24.5 Å². The molecule has 0 bridgehead atoms. The van der Waals surface area contributed by atoms with Crippen molar-refractivity contribution in [3.63, 3.8) is 0 Å². The van der Waals surface area contributed by atoms with Crippen LogP contribution in [-0.4, -0.2) is 101 Å². The number of carbonyl (C=O) groups is 2. The van der Waals surface area contributed by atoms with Crippen LogP contribution in [-0.2, 0) is 0 Å². The molecule has 186 valence electrons. The largest absolute Gasteiger partial charge is 0.380 e. The Labute approximate surface area is 207 Å². The van der Waals surface area contributed by atoms with E-state index in [1.807, 2.05) is 21.9 Å². The zero-order valence-electron chi connectivity index (χ0n) is 20.7. The summed E-state index contributed by atoms with van der Waals surface area (Å²) in [6, 6.07) is 8.45. The van der Waals surface area contributed by atoms with Crippen LogP contribution in [0.15, 0.2) is 36.7 Å². The molecule has 1 saturated carbocycles. The fourth-order valence-corrected chi connectivity index (χ4v) is 4.92. The lowest BCUT2D eigenvalue weighted by atomic mass is 10.2. The molecular formula is C26H35N7O2. The third-order valence-corrected chi connectivity index (χ3v) is 6.99. The second-order valence-corrected chi connectivity index (χ2v) is 9.94. The first-order valence-electron chi connectivity index (χ1n) is 12.7. The van der Waals surface area contributed by atoms with Gasteiger partial charge in [-0.2, -0.15) is 0 Å². The lowest BCUT2D eigenvalue weighted by molar-refractivity contribution is 0.0625. The Morgan fingerprint density at radius 1 is 0.886 bits per heavy atom. The fraction of sp³-hybridized carbons (Fsp3) is 0.538. The lowest BCUT2D eigenvalue weighted by Gasteiger charge is -2.36. The second-order valence-electron chi connectivity index (χ2n) is 9.94. The van der Waals surface area contributed by atoms with Gasteiger partial charge >= 0.3 is 0 Å². The van der Waals surface area contributed by atoms with E-state index in [-0.39, 0.29) is 11.8 Å². The third kappa shape index (κ3) is 5.40. The van der Waals surface area contributed by atoms with E-state index in [1.165, 1.54) is 12.8 Å². The maximum Gasteiger partial charge on any atom is 0.272 e. The first-order valence-corrected chi connectivity index (χ1v) is 12.7. The number of nitrogens with zero attached hydrogens (tertiary/aromatic N) is 6. The summed E-state index contributed by atoms with van der Waals surface area (Å²) in [5, 5.41) is 3.45. The van der Waals surface area contributed by atoms with E-state index in [9.17, 15) is 9.59 Å². The molecule has 3 fully saturated rings. The van der Waals surface area contributed by atoms with Gasteiger partial charge in [0.2, 0.25) is 0 Å². The quantitative estimate of drug-likeness (QED) is 0.683. The van der Waals surface area contributed by atoms with Crippen LogP contribution < -0.4 is 10.2 Å². The van der Waals surface area contributed by atoms with Crippen molar-refractivity contribution in [1.29, 1.82) is 0 Å². The second kappa shape index (κ2) is 10.2. The summed E-state index contributed by atoms with van der Waals surface area (Å²) in [6.07, 6.45) is 5.94. The molecule has 35 heavy (non-hydrogen) atoms. The molecule has 0 unspecified atom stereocenters. The number of hydrogen-bond acceptors (Lipinski definition) is 7. The number of amides is 2. The average Bonchev–Trinajstić information content (AvgIpc) is 3.74. The zero-order valence-corrected chi connectivity index (χ0v) is 20.7. The van der Waals surface area contributed by atoms with E-state index < -0.39 is 0 Å². The normalized spacial score (nSPS) is 19.2. The van der Waals surface area contributed by atoms with E-state index >= 15 is 0 Å². The fourth-order valence-electron chi connectivity index (χ4n) is 4.92. The lowest BCUT2D eigenvalue weighted by Crippen LogP contribution is -2.49. The van der Waals surface area contributed by atoms with Crippen LogP contribution in [0.3, 0.4) is 0 Å². The summed E-state index contributed by atoms with van der Waals surface area (Å²) < 4.78 is 0. The average molecular weight is 478 g/mol. The maximum absolute atomic E-state index is 13.1. The van der Waals surface area contributed by atoms with E-state index in [0.717, 1.165) is 43.7 Å². The van der Waals surface area contributed by atoms with Crippen LogP contribution in [0.1, 0.15) is 47.5 Å². The van der Waals surface area contributed by atoms with Gasteiger partial charge in [-0.05, 0) is 51.0 Å². The molecular weight excluding hydrogens is 442 g/mol. The highest BCUT2D eigenvalue weighted by Gasteiger charge is 2.32. The van der Waals surface area contributed by atoms with E-state index in [2.05, 4.69) is 38.9 Å². The van der Waals surface area contributed by atoms with Gasteiger partial charge in [-0.15, -0.1) is 0 Å². The Balaban J connectivity index is 1.15. The van der Waals surface area contributed by atoms with Gasteiger partial charge in [0.15, 0.2) is 5.82 Å². The first-order chi connectivity index (χ1) is 17.0. The summed E-state index contributed by atoms with van der Waals surface area (Å²) in [5.74, 6) is 0.831. The number of aromatic nitrogens is 2. The summed E-state index contributed by atoms with van der Waals surface area (Å²) in [4.78, 5) is 43.3. The minimum absolute atomic E-state index is 0.00160. The van der Waals surface area contributed by atoms with Gasteiger partial charge < -0.3 is 20.0 Å². The monoisotopic (exact) mass is 477 g/mol. The number of pyridine rings is 2. The highest BCUT2D eigenvalue weighted by Crippen LogP contribution is 2.28. The zero-order chi connectivity index (χ0) is 24.4. The Morgan fingerprint density at radius 2 is 1.57 bits per heavy atom. The minimum atomic E-state index is -0.0942. The van der Waals surface area contributed by atoms with Crippen molar-refractivity contribution < 1.29 is 9.59 Å². The number of nitrogens with one attached hydrogen (secondary N) is 1. The first kappa shape index (κ1) is 23.5. The smallest absolute Gasteiger partial charge is 0.272 e. The molecule has 0 spiro atoms. The van der Waals surface area contributed by atoms with Crippen LogP contribution in [0.2, 0.25) is 0 Å². The van der Waals surface area contributed by atoms with Crippen molar-refractivity contribution in [2.24, 2.45) is 0 Å². The molecule has 0 aromatic carbocycles. The van der Waals surface area contributed by atoms with Crippen LogP contribution in [0.5, 0.6) is 0 Å². The molecule has 2 saturated heterocycles. The standard InChI is InChI=1S/C26H35N7O2/c1-19(2)29-22-4-3-9-27-24(22)31-12-16-33(17-13-31)26(35)23-8-5-20(18-28-23)25(34)32-14-10-30(11-15-32)21-6-7-21/h3-5,8-9,18-19,21,29H,6-7,10-17H2,1-2H3. The summed E-state index contributed by atoms with van der Waals surface area (Å²) >= 11 is 0. The molecule has 1 aliphatic carbocycles. The Kier molecular flexibility index (Phi) is 6.86. The Hall–Kier alpha value is -3.20. The highest BCUT2D eigenvalue weighted by molar-refractivity contribution is 5.96. The van der Waals surface area contributed by atoms with Crippen molar-refractivity contribution in [3.05, 3.63) is 47.9 Å². The molecule has 9 heteroatoms. The van der Waals surface area contributed by atoms with Crippen molar-refractivity contribution in [2.75, 3.05) is 62.6 Å². The Bertz CT molecular complexity index is 1040. The molecule has 2 aromatic heterocycles. The summed E-state index contributed by atoms with van der Waals surface area (Å²) in [7, 11) is 0. The number of carbonyl (C=O) groups excluding carboxylic acids is 2. The van der Waals surface area contributed by atoms with Gasteiger partial charge in [-0.25, -0.2) is 4.98 Å². The van der Waals surface area contributed by atoms with E-state index in [0.29, 0.717) is 43.5 Å². The van der Waals surface area contributed by atoms with Crippen molar-refractivity contribution in [3.8, 4) is 0 Å². The van der Waals surface area contributed by atoms with Gasteiger partial charge in [0.1, 0.15) is 5.69 Å². The van der Waals surface area contributed by atoms with Crippen LogP contribution >= 0.6 is 0 Å². The van der Waals surface area contributed by atoms with Crippen molar-refractivity contribution in [1.82, 2.24) is 24.7 Å². The van der Waals surface area contributed by atoms with Crippen LogP contribution in [0, 0.1) is 0 Å². The van der Waals surface area contributed by atoms with Crippen LogP contribution in [0.25, 0.3) is 0 Å².